The molecule has 3 aromatic rings. The van der Waals surface area contributed by atoms with Crippen LogP contribution in [0.4, 0.5) is 14.5 Å². The maximum atomic E-state index is 13.8. The average Bonchev–Trinajstić information content (AvgIpc) is 2.51. The number of halogens is 3. The molecule has 0 amide bonds. The molecule has 7 heteroatoms. The van der Waals surface area contributed by atoms with Gasteiger partial charge in [-0.2, -0.15) is 0 Å². The zero-order chi connectivity index (χ0) is 17.3. The predicted molar refractivity (Wildman–Crippen MR) is 89.7 cm³/mol. The molecule has 0 fully saturated rings. The van der Waals surface area contributed by atoms with Crippen molar-refractivity contribution in [2.45, 2.75) is 0 Å². The van der Waals surface area contributed by atoms with Crippen LogP contribution >= 0.6 is 11.6 Å². The number of hydrogen-bond acceptors (Lipinski definition) is 3. The molecule has 0 bridgehead atoms. The number of nitrogens with one attached hydrogen (secondary N) is 1. The minimum absolute atomic E-state index is 0.0164. The second-order valence-corrected chi connectivity index (χ2v) is 5.41. The van der Waals surface area contributed by atoms with E-state index in [1.165, 1.54) is 43.7 Å². The molecule has 0 unspecified atom stereocenters. The first-order valence-electron chi connectivity index (χ1n) is 6.87. The normalized spacial score (nSPS) is 11.3. The van der Waals surface area contributed by atoms with Crippen LogP contribution in [0, 0.1) is 11.6 Å². The number of H-pyrrole nitrogens is 1. The Morgan fingerprint density at radius 2 is 2.00 bits per heavy atom. The van der Waals surface area contributed by atoms with Crippen molar-refractivity contribution < 1.29 is 13.5 Å². The number of nitrogens with zero attached hydrogens (tertiary/aromatic N) is 1. The first-order chi connectivity index (χ1) is 11.5. The number of aromatic amines is 1. The summed E-state index contributed by atoms with van der Waals surface area (Å²) in [5, 5.41) is 0.733. The van der Waals surface area contributed by atoms with Crippen molar-refractivity contribution in [2.24, 2.45) is 4.99 Å². The third-order valence-corrected chi connectivity index (χ3v) is 3.58. The summed E-state index contributed by atoms with van der Waals surface area (Å²) in [7, 11) is 1.33. The minimum Gasteiger partial charge on any atom is -0.493 e. The lowest BCUT2D eigenvalue weighted by molar-refractivity contribution is 0.386. The van der Waals surface area contributed by atoms with Crippen molar-refractivity contribution in [3.8, 4) is 5.75 Å². The van der Waals surface area contributed by atoms with Gasteiger partial charge in [0.15, 0.2) is 11.6 Å². The lowest BCUT2D eigenvalue weighted by atomic mass is 10.1. The van der Waals surface area contributed by atoms with Crippen molar-refractivity contribution in [3.05, 3.63) is 69.0 Å². The topological polar surface area (TPSA) is 54.4 Å². The number of aliphatic imine (C=N–C) groups is 1. The largest absolute Gasteiger partial charge is 0.493 e. The summed E-state index contributed by atoms with van der Waals surface area (Å²) in [5.41, 5.74) is 0.563. The molecule has 0 saturated heterocycles. The molecule has 0 aliphatic rings. The van der Waals surface area contributed by atoms with Gasteiger partial charge in [-0.15, -0.1) is 0 Å². The summed E-state index contributed by atoms with van der Waals surface area (Å²) in [6.07, 6.45) is 1.33. The number of benzene rings is 2. The average molecular weight is 349 g/mol. The molecular formula is C17H11ClF2N2O2. The Hall–Kier alpha value is -2.73. The lowest BCUT2D eigenvalue weighted by Crippen LogP contribution is -2.02. The minimum atomic E-state index is -0.625. The number of ether oxygens (including phenoxy) is 1. The van der Waals surface area contributed by atoms with E-state index in [1.807, 2.05) is 0 Å². The molecule has 1 heterocycles. The number of aromatic nitrogens is 1. The maximum Gasteiger partial charge on any atom is 0.248 e. The van der Waals surface area contributed by atoms with E-state index in [0.717, 1.165) is 6.07 Å². The molecule has 2 aromatic carbocycles. The number of rotatable bonds is 3. The Labute approximate surface area is 140 Å². The fraction of sp³-hybridized carbons (Fsp3) is 0.0588. The van der Waals surface area contributed by atoms with Crippen molar-refractivity contribution in [1.29, 1.82) is 0 Å². The SMILES string of the molecule is COc1c(F)cc(Cl)cc1/C=N/c1cc(F)cc2[nH]c(=O)ccc12. The highest BCUT2D eigenvalue weighted by atomic mass is 35.5. The highest BCUT2D eigenvalue weighted by molar-refractivity contribution is 6.31. The Balaban J connectivity index is 2.14. The van der Waals surface area contributed by atoms with Crippen LogP contribution in [0.2, 0.25) is 5.02 Å². The Bertz CT molecular complexity index is 1020. The molecule has 0 radical (unpaired) electrons. The first kappa shape index (κ1) is 16.1. The van der Waals surface area contributed by atoms with Gasteiger partial charge < -0.3 is 9.72 Å². The van der Waals surface area contributed by atoms with Gasteiger partial charge in [-0.1, -0.05) is 11.6 Å². The van der Waals surface area contributed by atoms with Crippen LogP contribution in [-0.2, 0) is 0 Å². The van der Waals surface area contributed by atoms with Gasteiger partial charge in [-0.3, -0.25) is 9.79 Å². The van der Waals surface area contributed by atoms with E-state index >= 15 is 0 Å². The third-order valence-electron chi connectivity index (χ3n) is 3.37. The summed E-state index contributed by atoms with van der Waals surface area (Å²) in [4.78, 5) is 18.1. The second-order valence-electron chi connectivity index (χ2n) is 4.98. The molecule has 0 spiro atoms. The Morgan fingerprint density at radius 3 is 2.75 bits per heavy atom. The number of methoxy groups -OCH3 is 1. The van der Waals surface area contributed by atoms with Gasteiger partial charge >= 0.3 is 0 Å². The zero-order valence-corrected chi connectivity index (χ0v) is 13.2. The van der Waals surface area contributed by atoms with Crippen LogP contribution in [0.15, 0.2) is 46.2 Å². The molecule has 1 aromatic heterocycles. The molecule has 4 nitrogen and oxygen atoms in total. The highest BCUT2D eigenvalue weighted by Crippen LogP contribution is 2.28. The zero-order valence-electron chi connectivity index (χ0n) is 12.4. The predicted octanol–water partition coefficient (Wildman–Crippen LogP) is 4.22. The van der Waals surface area contributed by atoms with Crippen LogP contribution in [0.25, 0.3) is 10.9 Å². The molecule has 1 N–H and O–H groups in total. The molecule has 24 heavy (non-hydrogen) atoms. The second kappa shape index (κ2) is 6.41. The van der Waals surface area contributed by atoms with Gasteiger partial charge in [0.25, 0.3) is 0 Å². The molecular weight excluding hydrogens is 338 g/mol. The molecule has 0 aliphatic heterocycles. The molecule has 122 valence electrons. The van der Waals surface area contributed by atoms with E-state index < -0.39 is 11.6 Å². The maximum absolute atomic E-state index is 13.8. The smallest absolute Gasteiger partial charge is 0.248 e. The van der Waals surface area contributed by atoms with E-state index in [1.54, 1.807) is 0 Å². The fourth-order valence-electron chi connectivity index (χ4n) is 2.35. The van der Waals surface area contributed by atoms with Gasteiger partial charge in [0.05, 0.1) is 18.3 Å². The van der Waals surface area contributed by atoms with E-state index in [-0.39, 0.29) is 22.0 Å². The van der Waals surface area contributed by atoms with Gasteiger partial charge in [0, 0.05) is 34.3 Å². The summed E-state index contributed by atoms with van der Waals surface area (Å²) in [6.45, 7) is 0. The number of fused-ring (bicyclic) bond motifs is 1. The van der Waals surface area contributed by atoms with Crippen molar-refractivity contribution in [2.75, 3.05) is 7.11 Å². The fourth-order valence-corrected chi connectivity index (χ4v) is 2.57. The Morgan fingerprint density at radius 1 is 1.21 bits per heavy atom. The van der Waals surface area contributed by atoms with E-state index in [2.05, 4.69) is 9.98 Å². The van der Waals surface area contributed by atoms with Crippen LogP contribution in [0.5, 0.6) is 5.75 Å². The van der Waals surface area contributed by atoms with Crippen molar-refractivity contribution in [3.63, 3.8) is 0 Å². The molecule has 0 aliphatic carbocycles. The summed E-state index contributed by atoms with van der Waals surface area (Å²) in [6, 6.07) is 7.88. The number of hydrogen-bond donors (Lipinski definition) is 1. The van der Waals surface area contributed by atoms with Crippen molar-refractivity contribution >= 4 is 34.4 Å². The highest BCUT2D eigenvalue weighted by Gasteiger charge is 2.10. The summed E-state index contributed by atoms with van der Waals surface area (Å²) >= 11 is 5.84. The number of pyridine rings is 1. The van der Waals surface area contributed by atoms with Crippen LogP contribution < -0.4 is 10.3 Å². The summed E-state index contributed by atoms with van der Waals surface area (Å²) in [5.74, 6) is -1.20. The Kier molecular flexibility index (Phi) is 4.31. The van der Waals surface area contributed by atoms with E-state index in [0.29, 0.717) is 16.5 Å². The first-order valence-corrected chi connectivity index (χ1v) is 7.25. The van der Waals surface area contributed by atoms with Crippen molar-refractivity contribution in [1.82, 2.24) is 4.98 Å². The van der Waals surface area contributed by atoms with Crippen LogP contribution in [0.1, 0.15) is 5.56 Å². The van der Waals surface area contributed by atoms with Gasteiger partial charge in [0.2, 0.25) is 5.56 Å². The summed E-state index contributed by atoms with van der Waals surface area (Å²) < 4.78 is 32.6. The van der Waals surface area contributed by atoms with Gasteiger partial charge in [-0.25, -0.2) is 8.78 Å². The molecule has 3 rings (SSSR count). The third kappa shape index (κ3) is 3.14. The van der Waals surface area contributed by atoms with Crippen LogP contribution in [-0.4, -0.2) is 18.3 Å². The van der Waals surface area contributed by atoms with Gasteiger partial charge in [0.1, 0.15) is 5.82 Å². The lowest BCUT2D eigenvalue weighted by Gasteiger charge is -2.07. The quantitative estimate of drug-likeness (QED) is 0.720. The molecule has 0 saturated carbocycles. The van der Waals surface area contributed by atoms with Crippen LogP contribution in [0.3, 0.4) is 0 Å². The van der Waals surface area contributed by atoms with Gasteiger partial charge in [-0.05, 0) is 24.3 Å². The van der Waals surface area contributed by atoms with E-state index in [4.69, 9.17) is 16.3 Å². The standard InChI is InChI=1S/C17H11ClF2N2O2/c1-24-17-9(4-10(18)5-13(17)20)8-21-14-6-11(19)7-15-12(14)2-3-16(23)22-15/h2-8H,1H3,(H,22,23)/b21-8+. The van der Waals surface area contributed by atoms with E-state index in [9.17, 15) is 13.6 Å². The molecule has 0 atom stereocenters. The monoisotopic (exact) mass is 348 g/mol.